The summed E-state index contributed by atoms with van der Waals surface area (Å²) < 4.78 is 25.8. The van der Waals surface area contributed by atoms with E-state index in [1.165, 1.54) is 0 Å². The summed E-state index contributed by atoms with van der Waals surface area (Å²) in [4.78, 5) is 0. The molecule has 0 aliphatic heterocycles. The Morgan fingerprint density at radius 1 is 1.20 bits per heavy atom. The van der Waals surface area contributed by atoms with Gasteiger partial charge < -0.3 is 2.85 Å². The van der Waals surface area contributed by atoms with Crippen LogP contribution in [0.5, 0.6) is 0 Å². The van der Waals surface area contributed by atoms with Gasteiger partial charge in [0.05, 0.1) is 0 Å². The molecule has 0 amide bonds. The molecule has 0 atom stereocenters. The van der Waals surface area contributed by atoms with E-state index in [2.05, 4.69) is 0 Å². The van der Waals surface area contributed by atoms with Gasteiger partial charge in [0.2, 0.25) is 0 Å². The summed E-state index contributed by atoms with van der Waals surface area (Å²) in [6.45, 7) is 0. The molecule has 5 heavy (non-hydrogen) atoms. The van der Waals surface area contributed by atoms with Crippen LogP contribution in [0.15, 0.2) is 0 Å². The van der Waals surface area contributed by atoms with Crippen LogP contribution < -0.4 is 0 Å². The van der Waals surface area contributed by atoms with Crippen LogP contribution in [-0.2, 0) is 27.4 Å². The van der Waals surface area contributed by atoms with Crippen molar-refractivity contribution in [1.29, 1.82) is 0 Å². The van der Waals surface area contributed by atoms with E-state index in [4.69, 9.17) is 10.2 Å². The Labute approximate surface area is 67.2 Å². The molecule has 0 aromatic carbocycles. The Morgan fingerprint density at radius 3 is 1.20 bits per heavy atom. The molecule has 0 aliphatic carbocycles. The van der Waals surface area contributed by atoms with Gasteiger partial charge in [-0.1, -0.05) is 0 Å². The zero-order chi connectivity index (χ0) is 3.58. The third kappa shape index (κ3) is 33.0. The summed E-state index contributed by atoms with van der Waals surface area (Å²) in [5.74, 6) is 0. The predicted octanol–water partition coefficient (Wildman–Crippen LogP) is -0.515. The molecule has 0 heterocycles. The second-order valence-electron chi connectivity index (χ2n) is 0.204. The second-order valence-corrected chi connectivity index (χ2v) is 1.21. The van der Waals surface area contributed by atoms with Crippen molar-refractivity contribution >= 4 is 37.7 Å². The van der Waals surface area contributed by atoms with E-state index in [9.17, 15) is 0 Å². The van der Waals surface area contributed by atoms with Crippen LogP contribution in [0.3, 0.4) is 0 Å². The maximum absolute atomic E-state index is 8.59. The van der Waals surface area contributed by atoms with Gasteiger partial charge in [0.15, 0.2) is 0 Å². The Morgan fingerprint density at radius 2 is 1.20 bits per heavy atom. The molecular weight excluding hydrogens is 184 g/mol. The van der Waals surface area contributed by atoms with Crippen LogP contribution in [0.1, 0.15) is 2.85 Å². The van der Waals surface area contributed by atoms with Crippen molar-refractivity contribution in [3.8, 4) is 0 Å². The monoisotopic (exact) mass is 188 g/mol. The number of rotatable bonds is 0. The van der Waals surface area contributed by atoms with E-state index in [1.54, 1.807) is 0 Å². The third-order valence-electron chi connectivity index (χ3n) is 0. The quantitative estimate of drug-likeness (QED) is 0.478. The molecule has 0 aromatic heterocycles. The first kappa shape index (κ1) is 9.60. The van der Waals surface area contributed by atoms with E-state index in [1.807, 2.05) is 0 Å². The minimum absolute atomic E-state index is 0. The van der Waals surface area contributed by atoms with Crippen molar-refractivity contribution in [3.63, 3.8) is 0 Å². The molecule has 0 aliphatic rings. The van der Waals surface area contributed by atoms with Crippen molar-refractivity contribution < 1.29 is 30.2 Å². The summed E-state index contributed by atoms with van der Waals surface area (Å²) in [5.41, 5.74) is 0. The SMILES string of the molecule is [Ca+2].[H-].[H-].[O]=[Mo](=[O])=[O]. The fraction of sp³-hybridized carbons (Fsp3) is 0. The molecular formula is H2CaMoO3. The first-order chi connectivity index (χ1) is 1.73. The number of hydrogen-bond donors (Lipinski definition) is 0. The Bertz CT molecular complexity index is 82.3. The first-order valence-electron chi connectivity index (χ1n) is 0.500. The Kier molecular flexibility index (Phi) is 10.3. The van der Waals surface area contributed by atoms with Crippen LogP contribution in [-0.4, -0.2) is 37.7 Å². The summed E-state index contributed by atoms with van der Waals surface area (Å²) in [5, 5.41) is 0. The zero-order valence-corrected chi connectivity index (χ0v) is 6.56. The van der Waals surface area contributed by atoms with Crippen LogP contribution in [0, 0.1) is 0 Å². The van der Waals surface area contributed by atoms with Gasteiger partial charge in [-0.3, -0.25) is 0 Å². The Balaban J connectivity index is -0.0000000150. The number of hydrogen-bond acceptors (Lipinski definition) is 3. The van der Waals surface area contributed by atoms with E-state index in [0.717, 1.165) is 0 Å². The fourth-order valence-corrected chi connectivity index (χ4v) is 0. The molecule has 0 unspecified atom stereocenters. The summed E-state index contributed by atoms with van der Waals surface area (Å²) >= 11 is -4.11. The van der Waals surface area contributed by atoms with Crippen molar-refractivity contribution in [2.45, 2.75) is 0 Å². The van der Waals surface area contributed by atoms with Crippen LogP contribution in [0.2, 0.25) is 0 Å². The van der Waals surface area contributed by atoms with Gasteiger partial charge in [0.25, 0.3) is 0 Å². The molecule has 0 saturated heterocycles. The van der Waals surface area contributed by atoms with Gasteiger partial charge in [-0.05, 0) is 0 Å². The molecule has 0 rings (SSSR count). The molecule has 0 aromatic rings. The molecule has 3 nitrogen and oxygen atoms in total. The van der Waals surface area contributed by atoms with E-state index < -0.39 is 17.2 Å². The van der Waals surface area contributed by atoms with Crippen molar-refractivity contribution in [2.24, 2.45) is 0 Å². The zero-order valence-electron chi connectivity index (χ0n) is 4.34. The average Bonchev–Trinajstić information content (AvgIpc) is 0.811. The summed E-state index contributed by atoms with van der Waals surface area (Å²) in [6.07, 6.45) is 0. The molecule has 28 valence electrons. The van der Waals surface area contributed by atoms with Crippen molar-refractivity contribution in [1.82, 2.24) is 0 Å². The van der Waals surface area contributed by atoms with E-state index in [-0.39, 0.29) is 40.6 Å². The minimum atomic E-state index is -4.11. The van der Waals surface area contributed by atoms with Gasteiger partial charge >= 0.3 is 65.1 Å². The van der Waals surface area contributed by atoms with Gasteiger partial charge in [-0.15, -0.1) is 0 Å². The standard InChI is InChI=1S/Ca.Mo.3O.2H/q+2;;;;;2*-1. The molecule has 0 fully saturated rings. The van der Waals surface area contributed by atoms with Gasteiger partial charge in [0, 0.05) is 0 Å². The molecule has 0 spiro atoms. The topological polar surface area (TPSA) is 51.2 Å². The van der Waals surface area contributed by atoms with Gasteiger partial charge in [-0.25, -0.2) is 0 Å². The average molecular weight is 186 g/mol. The van der Waals surface area contributed by atoms with E-state index >= 15 is 0 Å². The molecule has 0 radical (unpaired) electrons. The Hall–Kier alpha value is 1.35. The molecule has 0 saturated carbocycles. The maximum atomic E-state index is 8.59. The normalized spacial score (nSPS) is 4.80. The van der Waals surface area contributed by atoms with Crippen LogP contribution in [0.4, 0.5) is 0 Å². The predicted molar refractivity (Wildman–Crippen MR) is 10.0 cm³/mol. The third-order valence-corrected chi connectivity index (χ3v) is 0. The molecule has 0 bridgehead atoms. The van der Waals surface area contributed by atoms with Crippen molar-refractivity contribution in [2.75, 3.05) is 0 Å². The van der Waals surface area contributed by atoms with Gasteiger partial charge in [0.1, 0.15) is 0 Å². The second kappa shape index (κ2) is 5.35. The van der Waals surface area contributed by atoms with Crippen LogP contribution in [0.25, 0.3) is 0 Å². The summed E-state index contributed by atoms with van der Waals surface area (Å²) in [6, 6.07) is 0. The molecule has 0 N–H and O–H groups in total. The van der Waals surface area contributed by atoms with Crippen molar-refractivity contribution in [3.05, 3.63) is 0 Å². The molecule has 5 heteroatoms. The first-order valence-corrected chi connectivity index (χ1v) is 2.96. The van der Waals surface area contributed by atoms with Crippen LogP contribution >= 0.6 is 0 Å². The fourth-order valence-electron chi connectivity index (χ4n) is 0. The van der Waals surface area contributed by atoms with Gasteiger partial charge in [-0.2, -0.15) is 0 Å². The summed E-state index contributed by atoms with van der Waals surface area (Å²) in [7, 11) is 0. The van der Waals surface area contributed by atoms with E-state index in [0.29, 0.717) is 0 Å².